The highest BCUT2D eigenvalue weighted by molar-refractivity contribution is 5.41. The zero-order chi connectivity index (χ0) is 11.3. The molecule has 0 heterocycles. The molecule has 1 aromatic carbocycles. The van der Waals surface area contributed by atoms with E-state index in [1.807, 2.05) is 36.4 Å². The predicted molar refractivity (Wildman–Crippen MR) is 66.3 cm³/mol. The number of nitrogen functional groups attached to an aromatic ring is 1. The Bertz CT molecular complexity index is 328. The monoisotopic (exact) mass is 202 g/mol. The van der Waals surface area contributed by atoms with Crippen LogP contribution in [0.3, 0.4) is 0 Å². The molecule has 80 valence electrons. The van der Waals surface area contributed by atoms with Gasteiger partial charge in [0, 0.05) is 11.2 Å². The van der Waals surface area contributed by atoms with E-state index in [9.17, 15) is 0 Å². The fourth-order valence-corrected chi connectivity index (χ4v) is 1.65. The quantitative estimate of drug-likeness (QED) is 0.569. The van der Waals surface area contributed by atoms with Crippen molar-refractivity contribution in [2.45, 2.75) is 18.4 Å². The van der Waals surface area contributed by atoms with Crippen molar-refractivity contribution < 1.29 is 0 Å². The first-order valence-corrected chi connectivity index (χ1v) is 4.99. The van der Waals surface area contributed by atoms with Gasteiger partial charge in [-0.25, -0.2) is 0 Å². The molecule has 0 fully saturated rings. The molecule has 2 nitrogen and oxygen atoms in total. The van der Waals surface area contributed by atoms with Gasteiger partial charge < -0.3 is 11.5 Å². The van der Waals surface area contributed by atoms with Crippen molar-refractivity contribution in [3.05, 3.63) is 55.1 Å². The lowest BCUT2D eigenvalue weighted by atomic mass is 9.84. The number of anilines is 1. The Labute approximate surface area is 91.3 Å². The summed E-state index contributed by atoms with van der Waals surface area (Å²) in [5.74, 6) is 0. The third kappa shape index (κ3) is 2.70. The highest BCUT2D eigenvalue weighted by Gasteiger charge is 2.23. The molecule has 0 atom stereocenters. The largest absolute Gasteiger partial charge is 0.399 e. The second-order valence-corrected chi connectivity index (χ2v) is 3.76. The van der Waals surface area contributed by atoms with Crippen molar-refractivity contribution >= 4 is 5.69 Å². The van der Waals surface area contributed by atoms with E-state index < -0.39 is 5.54 Å². The van der Waals surface area contributed by atoms with Crippen LogP contribution in [0.25, 0.3) is 0 Å². The molecule has 0 saturated heterocycles. The number of nitrogens with two attached hydrogens (primary N) is 2. The number of hydrogen-bond donors (Lipinski definition) is 2. The zero-order valence-corrected chi connectivity index (χ0v) is 8.95. The summed E-state index contributed by atoms with van der Waals surface area (Å²) in [5.41, 5.74) is 13.4. The Morgan fingerprint density at radius 2 is 1.53 bits per heavy atom. The molecule has 0 radical (unpaired) electrons. The SMILES string of the molecule is C=CCC(N)(CC=C)c1ccc(N)cc1. The first kappa shape index (κ1) is 11.5. The van der Waals surface area contributed by atoms with Gasteiger partial charge in [0.1, 0.15) is 0 Å². The summed E-state index contributed by atoms with van der Waals surface area (Å²) in [4.78, 5) is 0. The molecule has 4 N–H and O–H groups in total. The third-order valence-electron chi connectivity index (χ3n) is 2.50. The molecule has 0 spiro atoms. The second kappa shape index (κ2) is 4.80. The topological polar surface area (TPSA) is 52.0 Å². The number of hydrogen-bond acceptors (Lipinski definition) is 2. The molecule has 2 heteroatoms. The van der Waals surface area contributed by atoms with Crippen LogP contribution in [0.1, 0.15) is 18.4 Å². The van der Waals surface area contributed by atoms with E-state index in [4.69, 9.17) is 11.5 Å². The Morgan fingerprint density at radius 3 is 1.93 bits per heavy atom. The molecular weight excluding hydrogens is 184 g/mol. The van der Waals surface area contributed by atoms with Crippen LogP contribution in [0.2, 0.25) is 0 Å². The van der Waals surface area contributed by atoms with E-state index >= 15 is 0 Å². The fourth-order valence-electron chi connectivity index (χ4n) is 1.65. The molecule has 0 aliphatic rings. The van der Waals surface area contributed by atoms with Crippen LogP contribution in [0, 0.1) is 0 Å². The van der Waals surface area contributed by atoms with Crippen molar-refractivity contribution in [1.29, 1.82) is 0 Å². The fraction of sp³-hybridized carbons (Fsp3) is 0.231. The van der Waals surface area contributed by atoms with Gasteiger partial charge in [0.05, 0.1) is 0 Å². The molecule has 15 heavy (non-hydrogen) atoms. The summed E-state index contributed by atoms with van der Waals surface area (Å²) in [6.45, 7) is 7.46. The van der Waals surface area contributed by atoms with Gasteiger partial charge in [0.15, 0.2) is 0 Å². The van der Waals surface area contributed by atoms with E-state index in [0.29, 0.717) is 0 Å². The average molecular weight is 202 g/mol. The Balaban J connectivity index is 3.02. The van der Waals surface area contributed by atoms with Gasteiger partial charge in [-0.05, 0) is 30.5 Å². The van der Waals surface area contributed by atoms with Gasteiger partial charge in [-0.2, -0.15) is 0 Å². The van der Waals surface area contributed by atoms with E-state index in [1.165, 1.54) is 0 Å². The normalized spacial score (nSPS) is 11.0. The molecule has 0 saturated carbocycles. The molecule has 1 rings (SSSR count). The average Bonchev–Trinajstić information content (AvgIpc) is 2.19. The molecule has 0 aliphatic carbocycles. The summed E-state index contributed by atoms with van der Waals surface area (Å²) in [5, 5.41) is 0. The lowest BCUT2D eigenvalue weighted by Crippen LogP contribution is -2.35. The van der Waals surface area contributed by atoms with Gasteiger partial charge in [-0.1, -0.05) is 24.3 Å². The van der Waals surface area contributed by atoms with Crippen molar-refractivity contribution in [1.82, 2.24) is 0 Å². The highest BCUT2D eigenvalue weighted by Crippen LogP contribution is 2.27. The summed E-state index contributed by atoms with van der Waals surface area (Å²) < 4.78 is 0. The minimum Gasteiger partial charge on any atom is -0.399 e. The lowest BCUT2D eigenvalue weighted by Gasteiger charge is -2.27. The van der Waals surface area contributed by atoms with E-state index in [1.54, 1.807) is 0 Å². The van der Waals surface area contributed by atoms with Crippen LogP contribution in [-0.4, -0.2) is 0 Å². The third-order valence-corrected chi connectivity index (χ3v) is 2.50. The maximum Gasteiger partial charge on any atom is 0.0479 e. The summed E-state index contributed by atoms with van der Waals surface area (Å²) >= 11 is 0. The molecule has 1 aromatic rings. The van der Waals surface area contributed by atoms with Crippen LogP contribution in [0.5, 0.6) is 0 Å². The van der Waals surface area contributed by atoms with Crippen LogP contribution >= 0.6 is 0 Å². The smallest absolute Gasteiger partial charge is 0.0479 e. The van der Waals surface area contributed by atoms with E-state index in [0.717, 1.165) is 24.1 Å². The maximum atomic E-state index is 6.31. The zero-order valence-electron chi connectivity index (χ0n) is 8.95. The minimum absolute atomic E-state index is 0.406. The molecule has 0 aliphatic heterocycles. The van der Waals surface area contributed by atoms with Crippen LogP contribution < -0.4 is 11.5 Å². The minimum atomic E-state index is -0.406. The number of rotatable bonds is 5. The van der Waals surface area contributed by atoms with Crippen LogP contribution in [-0.2, 0) is 5.54 Å². The first-order valence-electron chi connectivity index (χ1n) is 4.99. The molecule has 0 amide bonds. The van der Waals surface area contributed by atoms with E-state index in [2.05, 4.69) is 13.2 Å². The number of benzene rings is 1. The van der Waals surface area contributed by atoms with Gasteiger partial charge in [-0.15, -0.1) is 13.2 Å². The Morgan fingerprint density at radius 1 is 1.07 bits per heavy atom. The standard InChI is InChI=1S/C13H18N2/c1-3-9-13(15,10-4-2)11-5-7-12(14)8-6-11/h3-8H,1-2,9-10,14-15H2. The van der Waals surface area contributed by atoms with Gasteiger partial charge in [-0.3, -0.25) is 0 Å². The molecular formula is C13H18N2. The van der Waals surface area contributed by atoms with Crippen LogP contribution in [0.15, 0.2) is 49.6 Å². The van der Waals surface area contributed by atoms with Crippen molar-refractivity contribution in [3.8, 4) is 0 Å². The van der Waals surface area contributed by atoms with Crippen molar-refractivity contribution in [2.75, 3.05) is 5.73 Å². The van der Waals surface area contributed by atoms with Crippen molar-refractivity contribution in [2.24, 2.45) is 5.73 Å². The second-order valence-electron chi connectivity index (χ2n) is 3.76. The molecule has 0 unspecified atom stereocenters. The molecule has 0 aromatic heterocycles. The van der Waals surface area contributed by atoms with Gasteiger partial charge in [0.2, 0.25) is 0 Å². The maximum absolute atomic E-state index is 6.31. The Kier molecular flexibility index (Phi) is 3.69. The summed E-state index contributed by atoms with van der Waals surface area (Å²) in [6.07, 6.45) is 5.12. The Hall–Kier alpha value is -1.54. The van der Waals surface area contributed by atoms with Crippen molar-refractivity contribution in [3.63, 3.8) is 0 Å². The lowest BCUT2D eigenvalue weighted by molar-refractivity contribution is 0.456. The van der Waals surface area contributed by atoms with Crippen LogP contribution in [0.4, 0.5) is 5.69 Å². The van der Waals surface area contributed by atoms with E-state index in [-0.39, 0.29) is 0 Å². The summed E-state index contributed by atoms with van der Waals surface area (Å²) in [6, 6.07) is 7.65. The highest BCUT2D eigenvalue weighted by atomic mass is 14.7. The van der Waals surface area contributed by atoms with Gasteiger partial charge >= 0.3 is 0 Å². The first-order chi connectivity index (χ1) is 7.12. The predicted octanol–water partition coefficient (Wildman–Crippen LogP) is 2.58. The van der Waals surface area contributed by atoms with Gasteiger partial charge in [0.25, 0.3) is 0 Å². The summed E-state index contributed by atoms with van der Waals surface area (Å²) in [7, 11) is 0. The molecule has 0 bridgehead atoms.